The van der Waals surface area contributed by atoms with E-state index in [0.29, 0.717) is 0 Å². The van der Waals surface area contributed by atoms with Crippen LogP contribution in [0.25, 0.3) is 0 Å². The summed E-state index contributed by atoms with van der Waals surface area (Å²) in [6, 6.07) is 0.108. The molecule has 2 heterocycles. The second-order valence-corrected chi connectivity index (χ2v) is 6.58. The van der Waals surface area contributed by atoms with Gasteiger partial charge < -0.3 is 20.4 Å². The molecule has 116 valence electrons. The number of amides is 2. The van der Waals surface area contributed by atoms with E-state index in [1.807, 2.05) is 4.90 Å². The van der Waals surface area contributed by atoms with Crippen LogP contribution >= 0.6 is 0 Å². The molecule has 0 aromatic heterocycles. The average molecular weight is 282 g/mol. The van der Waals surface area contributed by atoms with E-state index in [-0.39, 0.29) is 6.03 Å². The van der Waals surface area contributed by atoms with Gasteiger partial charge in [-0.25, -0.2) is 4.79 Å². The van der Waals surface area contributed by atoms with E-state index in [2.05, 4.69) is 29.4 Å². The third kappa shape index (κ3) is 4.94. The van der Waals surface area contributed by atoms with Crippen LogP contribution in [0.3, 0.4) is 0 Å². The van der Waals surface area contributed by atoms with E-state index in [4.69, 9.17) is 0 Å². The largest absolute Gasteiger partial charge is 0.336 e. The topological polar surface area (TPSA) is 47.6 Å². The number of piperidine rings is 1. The van der Waals surface area contributed by atoms with Crippen molar-refractivity contribution < 1.29 is 4.79 Å². The van der Waals surface area contributed by atoms with Gasteiger partial charge in [-0.1, -0.05) is 13.8 Å². The predicted molar refractivity (Wildman–Crippen MR) is 81.8 cm³/mol. The first-order valence-corrected chi connectivity index (χ1v) is 8.11. The third-order valence-electron chi connectivity index (χ3n) is 4.22. The standard InChI is InChI=1S/C15H30N4O/c1-13(2)10-16-11-14-4-3-6-18(12-14)8-9-19-7-5-17-15(19)20/h13-14,16H,3-12H2,1-2H3,(H,17,20). The lowest BCUT2D eigenvalue weighted by Crippen LogP contribution is -2.44. The first kappa shape index (κ1) is 15.6. The zero-order chi connectivity index (χ0) is 14.4. The van der Waals surface area contributed by atoms with E-state index >= 15 is 0 Å². The first-order chi connectivity index (χ1) is 9.65. The molecule has 0 aromatic rings. The summed E-state index contributed by atoms with van der Waals surface area (Å²) in [5.41, 5.74) is 0. The number of nitrogens with zero attached hydrogens (tertiary/aromatic N) is 2. The number of urea groups is 1. The van der Waals surface area contributed by atoms with E-state index in [9.17, 15) is 4.79 Å². The minimum Gasteiger partial charge on any atom is -0.336 e. The second kappa shape index (κ2) is 7.84. The third-order valence-corrected chi connectivity index (χ3v) is 4.22. The van der Waals surface area contributed by atoms with Gasteiger partial charge in [0.15, 0.2) is 0 Å². The summed E-state index contributed by atoms with van der Waals surface area (Å²) in [6.07, 6.45) is 2.63. The fourth-order valence-corrected chi connectivity index (χ4v) is 3.08. The van der Waals surface area contributed by atoms with Crippen molar-refractivity contribution in [3.8, 4) is 0 Å². The van der Waals surface area contributed by atoms with Gasteiger partial charge in [-0.05, 0) is 44.3 Å². The predicted octanol–water partition coefficient (Wildman–Crippen LogP) is 0.969. The van der Waals surface area contributed by atoms with Crippen molar-refractivity contribution in [2.24, 2.45) is 11.8 Å². The molecule has 1 atom stereocenters. The van der Waals surface area contributed by atoms with Crippen molar-refractivity contribution >= 4 is 6.03 Å². The Labute approximate surface area is 123 Å². The molecule has 0 aliphatic carbocycles. The lowest BCUT2D eigenvalue weighted by atomic mass is 9.98. The fraction of sp³-hybridized carbons (Fsp3) is 0.933. The summed E-state index contributed by atoms with van der Waals surface area (Å²) in [7, 11) is 0. The molecule has 2 amide bonds. The lowest BCUT2D eigenvalue weighted by molar-refractivity contribution is 0.155. The molecule has 0 radical (unpaired) electrons. The van der Waals surface area contributed by atoms with Crippen molar-refractivity contribution in [3.63, 3.8) is 0 Å². The monoisotopic (exact) mass is 282 g/mol. The van der Waals surface area contributed by atoms with Crippen LogP contribution in [0.1, 0.15) is 26.7 Å². The number of hydrogen-bond acceptors (Lipinski definition) is 3. The number of nitrogens with one attached hydrogen (secondary N) is 2. The maximum atomic E-state index is 11.5. The Morgan fingerprint density at radius 3 is 2.90 bits per heavy atom. The van der Waals surface area contributed by atoms with Gasteiger partial charge in [0.05, 0.1) is 0 Å². The zero-order valence-electron chi connectivity index (χ0n) is 13.0. The fourth-order valence-electron chi connectivity index (χ4n) is 3.08. The highest BCUT2D eigenvalue weighted by molar-refractivity contribution is 5.76. The van der Waals surface area contributed by atoms with E-state index in [0.717, 1.165) is 51.1 Å². The van der Waals surface area contributed by atoms with Crippen molar-refractivity contribution in [1.82, 2.24) is 20.4 Å². The molecule has 5 heteroatoms. The van der Waals surface area contributed by atoms with E-state index < -0.39 is 0 Å². The summed E-state index contributed by atoms with van der Waals surface area (Å²) in [4.78, 5) is 16.0. The van der Waals surface area contributed by atoms with Crippen molar-refractivity contribution in [3.05, 3.63) is 0 Å². The van der Waals surface area contributed by atoms with Gasteiger partial charge in [0, 0.05) is 32.7 Å². The quantitative estimate of drug-likeness (QED) is 0.731. The highest BCUT2D eigenvalue weighted by Crippen LogP contribution is 2.15. The molecule has 2 aliphatic heterocycles. The van der Waals surface area contributed by atoms with Crippen molar-refractivity contribution in [2.45, 2.75) is 26.7 Å². The molecule has 0 aromatic carbocycles. The maximum absolute atomic E-state index is 11.5. The van der Waals surface area contributed by atoms with Crippen LogP contribution in [-0.4, -0.2) is 68.2 Å². The Bertz CT molecular complexity index is 308. The molecule has 0 saturated carbocycles. The van der Waals surface area contributed by atoms with Crippen LogP contribution in [0, 0.1) is 11.8 Å². The summed E-state index contributed by atoms with van der Waals surface area (Å²) < 4.78 is 0. The summed E-state index contributed by atoms with van der Waals surface area (Å²) in [5.74, 6) is 1.50. The SMILES string of the molecule is CC(C)CNCC1CCCN(CCN2CCNC2=O)C1. The van der Waals surface area contributed by atoms with E-state index in [1.165, 1.54) is 25.9 Å². The molecular weight excluding hydrogens is 252 g/mol. The summed E-state index contributed by atoms with van der Waals surface area (Å²) in [5, 5.41) is 6.44. The smallest absolute Gasteiger partial charge is 0.317 e. The molecule has 20 heavy (non-hydrogen) atoms. The molecule has 1 unspecified atom stereocenters. The van der Waals surface area contributed by atoms with Gasteiger partial charge in [0.2, 0.25) is 0 Å². The van der Waals surface area contributed by atoms with Crippen LogP contribution in [0.15, 0.2) is 0 Å². The molecule has 0 spiro atoms. The molecule has 2 aliphatic rings. The Morgan fingerprint density at radius 1 is 1.35 bits per heavy atom. The van der Waals surface area contributed by atoms with Crippen LogP contribution in [0.5, 0.6) is 0 Å². The Hall–Kier alpha value is -0.810. The minimum absolute atomic E-state index is 0.108. The molecule has 2 saturated heterocycles. The number of likely N-dealkylation sites (tertiary alicyclic amines) is 1. The van der Waals surface area contributed by atoms with Gasteiger partial charge in [-0.3, -0.25) is 0 Å². The average Bonchev–Trinajstić information content (AvgIpc) is 2.82. The molecular formula is C15H30N4O. The van der Waals surface area contributed by atoms with Crippen LogP contribution < -0.4 is 10.6 Å². The number of rotatable bonds is 7. The van der Waals surface area contributed by atoms with Gasteiger partial charge >= 0.3 is 6.03 Å². The van der Waals surface area contributed by atoms with Gasteiger partial charge in [-0.2, -0.15) is 0 Å². The molecule has 2 rings (SSSR count). The highest BCUT2D eigenvalue weighted by atomic mass is 16.2. The highest BCUT2D eigenvalue weighted by Gasteiger charge is 2.23. The zero-order valence-corrected chi connectivity index (χ0v) is 13.0. The van der Waals surface area contributed by atoms with Gasteiger partial charge in [0.1, 0.15) is 0 Å². The van der Waals surface area contributed by atoms with Crippen molar-refractivity contribution in [1.29, 1.82) is 0 Å². The van der Waals surface area contributed by atoms with E-state index in [1.54, 1.807) is 0 Å². The van der Waals surface area contributed by atoms with Crippen LogP contribution in [-0.2, 0) is 0 Å². The molecule has 2 N–H and O–H groups in total. The number of carbonyl (C=O) groups is 1. The Balaban J connectivity index is 1.63. The van der Waals surface area contributed by atoms with Gasteiger partial charge in [0.25, 0.3) is 0 Å². The molecule has 0 bridgehead atoms. The Morgan fingerprint density at radius 2 is 2.20 bits per heavy atom. The second-order valence-electron chi connectivity index (χ2n) is 6.58. The number of carbonyl (C=O) groups excluding carboxylic acids is 1. The number of hydrogen-bond donors (Lipinski definition) is 2. The van der Waals surface area contributed by atoms with Gasteiger partial charge in [-0.15, -0.1) is 0 Å². The Kier molecular flexibility index (Phi) is 6.10. The summed E-state index contributed by atoms with van der Waals surface area (Å²) in [6.45, 7) is 12.7. The molecule has 2 fully saturated rings. The lowest BCUT2D eigenvalue weighted by Gasteiger charge is -2.33. The van der Waals surface area contributed by atoms with Crippen LogP contribution in [0.2, 0.25) is 0 Å². The first-order valence-electron chi connectivity index (χ1n) is 8.11. The minimum atomic E-state index is 0.108. The molecule has 5 nitrogen and oxygen atoms in total. The normalized spacial score (nSPS) is 24.4. The van der Waals surface area contributed by atoms with Crippen molar-refractivity contribution in [2.75, 3.05) is 52.4 Å². The summed E-state index contributed by atoms with van der Waals surface area (Å²) >= 11 is 0. The van der Waals surface area contributed by atoms with Crippen LogP contribution in [0.4, 0.5) is 4.79 Å². The maximum Gasteiger partial charge on any atom is 0.317 e.